The van der Waals surface area contributed by atoms with Gasteiger partial charge in [-0.05, 0) is 12.8 Å². The zero-order valence-corrected chi connectivity index (χ0v) is 10.6. The number of hydrogen-bond donors (Lipinski definition) is 3. The maximum absolute atomic E-state index is 11.8. The Hall–Kier alpha value is -1.79. The molecule has 0 bridgehead atoms. The third-order valence-electron chi connectivity index (χ3n) is 2.89. The predicted octanol–water partition coefficient (Wildman–Crippen LogP) is -0.230. The Balaban J connectivity index is 2.44. The molecule has 0 aliphatic carbocycles. The van der Waals surface area contributed by atoms with Crippen LogP contribution in [0, 0.1) is 0 Å². The minimum absolute atomic E-state index is 0.0434. The SMILES string of the molecule is CC[C@@H](NC(=O)N1CCC(NC(C)=O)C1)C(=O)O. The van der Waals surface area contributed by atoms with Crippen molar-refractivity contribution in [2.75, 3.05) is 13.1 Å². The van der Waals surface area contributed by atoms with E-state index >= 15 is 0 Å². The lowest BCUT2D eigenvalue weighted by Crippen LogP contribution is -2.47. The molecule has 0 aromatic carbocycles. The number of aliphatic carboxylic acids is 1. The molecule has 1 aliphatic rings. The van der Waals surface area contributed by atoms with Crippen LogP contribution in [0.3, 0.4) is 0 Å². The maximum Gasteiger partial charge on any atom is 0.326 e. The number of carboxylic acids is 1. The van der Waals surface area contributed by atoms with E-state index in [1.165, 1.54) is 11.8 Å². The molecule has 0 radical (unpaired) electrons. The molecule has 0 aromatic rings. The van der Waals surface area contributed by atoms with Crippen molar-refractivity contribution in [3.63, 3.8) is 0 Å². The van der Waals surface area contributed by atoms with Gasteiger partial charge in [-0.2, -0.15) is 0 Å². The van der Waals surface area contributed by atoms with Crippen LogP contribution in [0.4, 0.5) is 4.79 Å². The van der Waals surface area contributed by atoms with E-state index in [1.807, 2.05) is 0 Å². The molecule has 3 N–H and O–H groups in total. The van der Waals surface area contributed by atoms with Crippen LogP contribution >= 0.6 is 0 Å². The fourth-order valence-corrected chi connectivity index (χ4v) is 1.93. The molecule has 2 atom stereocenters. The van der Waals surface area contributed by atoms with Crippen LogP contribution in [0.2, 0.25) is 0 Å². The molecule has 0 saturated carbocycles. The molecule has 1 saturated heterocycles. The molecule has 102 valence electrons. The fourth-order valence-electron chi connectivity index (χ4n) is 1.93. The van der Waals surface area contributed by atoms with E-state index in [0.717, 1.165) is 0 Å². The van der Waals surface area contributed by atoms with Gasteiger partial charge in [0.1, 0.15) is 6.04 Å². The highest BCUT2D eigenvalue weighted by Crippen LogP contribution is 2.09. The van der Waals surface area contributed by atoms with Crippen LogP contribution in [0.25, 0.3) is 0 Å². The normalized spacial score (nSPS) is 20.3. The summed E-state index contributed by atoms with van der Waals surface area (Å²) in [6.07, 6.45) is 1.03. The first-order valence-corrected chi connectivity index (χ1v) is 5.99. The predicted molar refractivity (Wildman–Crippen MR) is 64.0 cm³/mol. The molecular weight excluding hydrogens is 238 g/mol. The minimum Gasteiger partial charge on any atom is -0.480 e. The van der Waals surface area contributed by atoms with Gasteiger partial charge in [0, 0.05) is 26.1 Å². The largest absolute Gasteiger partial charge is 0.480 e. The second kappa shape index (κ2) is 6.23. The van der Waals surface area contributed by atoms with Crippen molar-refractivity contribution in [2.45, 2.75) is 38.8 Å². The van der Waals surface area contributed by atoms with Gasteiger partial charge >= 0.3 is 12.0 Å². The van der Waals surface area contributed by atoms with Crippen LogP contribution < -0.4 is 10.6 Å². The number of likely N-dealkylation sites (tertiary alicyclic amines) is 1. The van der Waals surface area contributed by atoms with E-state index in [2.05, 4.69) is 10.6 Å². The lowest BCUT2D eigenvalue weighted by atomic mass is 10.2. The number of hydrogen-bond acceptors (Lipinski definition) is 3. The molecule has 18 heavy (non-hydrogen) atoms. The highest BCUT2D eigenvalue weighted by molar-refractivity contribution is 5.82. The number of carbonyl (C=O) groups is 3. The molecule has 1 fully saturated rings. The number of amides is 3. The topological polar surface area (TPSA) is 98.7 Å². The molecule has 1 aliphatic heterocycles. The Morgan fingerprint density at radius 1 is 1.44 bits per heavy atom. The summed E-state index contributed by atoms with van der Waals surface area (Å²) in [5, 5.41) is 14.0. The number of rotatable bonds is 4. The summed E-state index contributed by atoms with van der Waals surface area (Å²) < 4.78 is 0. The van der Waals surface area contributed by atoms with Gasteiger partial charge in [0.05, 0.1) is 0 Å². The van der Waals surface area contributed by atoms with E-state index in [4.69, 9.17) is 5.11 Å². The minimum atomic E-state index is -1.04. The van der Waals surface area contributed by atoms with Gasteiger partial charge in [0.2, 0.25) is 5.91 Å². The van der Waals surface area contributed by atoms with Crippen molar-refractivity contribution in [1.29, 1.82) is 0 Å². The van der Waals surface area contributed by atoms with Gasteiger partial charge in [0.25, 0.3) is 0 Å². The highest BCUT2D eigenvalue weighted by atomic mass is 16.4. The maximum atomic E-state index is 11.8. The smallest absolute Gasteiger partial charge is 0.326 e. The molecule has 1 rings (SSSR count). The molecule has 7 nitrogen and oxygen atoms in total. The van der Waals surface area contributed by atoms with Gasteiger partial charge < -0.3 is 20.6 Å². The van der Waals surface area contributed by atoms with Crippen molar-refractivity contribution in [3.8, 4) is 0 Å². The van der Waals surface area contributed by atoms with Crippen LogP contribution in [0.5, 0.6) is 0 Å². The van der Waals surface area contributed by atoms with Crippen LogP contribution in [0.15, 0.2) is 0 Å². The first-order valence-electron chi connectivity index (χ1n) is 5.99. The monoisotopic (exact) mass is 257 g/mol. The van der Waals surface area contributed by atoms with Crippen molar-refractivity contribution in [3.05, 3.63) is 0 Å². The van der Waals surface area contributed by atoms with E-state index < -0.39 is 18.0 Å². The second-order valence-electron chi connectivity index (χ2n) is 4.38. The zero-order valence-electron chi connectivity index (χ0n) is 10.6. The summed E-state index contributed by atoms with van der Waals surface area (Å²) in [7, 11) is 0. The molecular formula is C11H19N3O4. The standard InChI is InChI=1S/C11H19N3O4/c1-3-9(10(16)17)13-11(18)14-5-4-8(6-14)12-7(2)15/h8-9H,3-6H2,1-2H3,(H,12,15)(H,13,18)(H,16,17)/t8?,9-/m1/s1. The second-order valence-corrected chi connectivity index (χ2v) is 4.38. The van der Waals surface area contributed by atoms with Crippen LogP contribution in [0.1, 0.15) is 26.7 Å². The Labute approximate surface area is 106 Å². The van der Waals surface area contributed by atoms with E-state index in [1.54, 1.807) is 6.92 Å². The van der Waals surface area contributed by atoms with Gasteiger partial charge in [-0.25, -0.2) is 9.59 Å². The fraction of sp³-hybridized carbons (Fsp3) is 0.727. The third kappa shape index (κ3) is 3.90. The molecule has 0 aromatic heterocycles. The molecule has 3 amide bonds. The average molecular weight is 257 g/mol. The van der Waals surface area contributed by atoms with Crippen LogP contribution in [-0.4, -0.2) is 53.1 Å². The Morgan fingerprint density at radius 2 is 2.11 bits per heavy atom. The summed E-state index contributed by atoms with van der Waals surface area (Å²) in [4.78, 5) is 35.0. The first-order chi connectivity index (χ1) is 8.43. The third-order valence-corrected chi connectivity index (χ3v) is 2.89. The average Bonchev–Trinajstić information content (AvgIpc) is 2.72. The Bertz CT molecular complexity index is 345. The lowest BCUT2D eigenvalue weighted by Gasteiger charge is -2.20. The zero-order chi connectivity index (χ0) is 13.7. The van der Waals surface area contributed by atoms with Crippen LogP contribution in [-0.2, 0) is 9.59 Å². The molecule has 1 unspecified atom stereocenters. The van der Waals surface area contributed by atoms with Gasteiger partial charge in [-0.1, -0.05) is 6.92 Å². The summed E-state index contributed by atoms with van der Waals surface area (Å²) in [6.45, 7) is 4.07. The molecule has 7 heteroatoms. The number of nitrogens with zero attached hydrogens (tertiary/aromatic N) is 1. The number of nitrogens with one attached hydrogen (secondary N) is 2. The van der Waals surface area contributed by atoms with E-state index in [-0.39, 0.29) is 11.9 Å². The number of urea groups is 1. The van der Waals surface area contributed by atoms with E-state index in [0.29, 0.717) is 25.9 Å². The van der Waals surface area contributed by atoms with Gasteiger partial charge in [0.15, 0.2) is 0 Å². The molecule has 0 spiro atoms. The molecule has 1 heterocycles. The van der Waals surface area contributed by atoms with Crippen molar-refractivity contribution < 1.29 is 19.5 Å². The first kappa shape index (κ1) is 14.3. The van der Waals surface area contributed by atoms with Gasteiger partial charge in [-0.3, -0.25) is 4.79 Å². The van der Waals surface area contributed by atoms with Crippen molar-refractivity contribution in [1.82, 2.24) is 15.5 Å². The van der Waals surface area contributed by atoms with Gasteiger partial charge in [-0.15, -0.1) is 0 Å². The lowest BCUT2D eigenvalue weighted by molar-refractivity contribution is -0.139. The quantitative estimate of drug-likeness (QED) is 0.647. The Kier molecular flexibility index (Phi) is 4.94. The summed E-state index contributed by atoms with van der Waals surface area (Å²) >= 11 is 0. The van der Waals surface area contributed by atoms with E-state index in [9.17, 15) is 14.4 Å². The summed E-state index contributed by atoms with van der Waals surface area (Å²) in [6, 6.07) is -1.30. The highest BCUT2D eigenvalue weighted by Gasteiger charge is 2.28. The van der Waals surface area contributed by atoms with Crippen molar-refractivity contribution in [2.24, 2.45) is 0 Å². The summed E-state index contributed by atoms with van der Waals surface area (Å²) in [5.74, 6) is -1.16. The number of carboxylic acid groups (broad SMARTS) is 1. The van der Waals surface area contributed by atoms with Crippen molar-refractivity contribution >= 4 is 17.9 Å². The Morgan fingerprint density at radius 3 is 2.61 bits per heavy atom. The summed E-state index contributed by atoms with van der Waals surface area (Å²) in [5.41, 5.74) is 0. The number of carbonyl (C=O) groups excluding carboxylic acids is 2.